The fraction of sp³-hybridized carbons (Fsp3) is 0.273. The van der Waals surface area contributed by atoms with Crippen molar-refractivity contribution >= 4 is 27.7 Å². The van der Waals surface area contributed by atoms with E-state index in [0.717, 1.165) is 4.47 Å². The molecule has 0 bridgehead atoms. The Bertz CT molecular complexity index is 406. The van der Waals surface area contributed by atoms with Gasteiger partial charge in [0.1, 0.15) is 6.10 Å². The normalized spacial score (nSPS) is 11.7. The van der Waals surface area contributed by atoms with Crippen molar-refractivity contribution < 1.29 is 14.3 Å². The first-order valence-electron chi connectivity index (χ1n) is 4.93. The van der Waals surface area contributed by atoms with Gasteiger partial charge in [0.15, 0.2) is 0 Å². The summed E-state index contributed by atoms with van der Waals surface area (Å²) in [4.78, 5) is 22.9. The Balaban J connectivity index is 2.50. The molecule has 0 radical (unpaired) electrons. The molecule has 0 spiro atoms. The molecule has 0 aliphatic heterocycles. The number of amides is 2. The first kappa shape index (κ1) is 13.7. The van der Waals surface area contributed by atoms with Gasteiger partial charge in [-0.2, -0.15) is 0 Å². The maximum Gasteiger partial charge on any atom is 0.269 e. The van der Waals surface area contributed by atoms with Crippen molar-refractivity contribution in [1.29, 1.82) is 0 Å². The first-order valence-corrected chi connectivity index (χ1v) is 5.72. The Morgan fingerprint density at radius 3 is 2.35 bits per heavy atom. The Morgan fingerprint density at radius 2 is 1.82 bits per heavy atom. The van der Waals surface area contributed by atoms with E-state index in [1.807, 2.05) is 0 Å². The summed E-state index contributed by atoms with van der Waals surface area (Å²) in [6.07, 6.45) is -0.611. The van der Waals surface area contributed by atoms with Gasteiger partial charge >= 0.3 is 0 Å². The molecule has 0 aliphatic carbocycles. The minimum Gasteiger partial charge on any atom is -0.372 e. The first-order chi connectivity index (χ1) is 8.04. The number of carbonyl (C=O) groups excluding carboxylic acids is 2. The van der Waals surface area contributed by atoms with Gasteiger partial charge in [0.25, 0.3) is 11.8 Å². The highest BCUT2D eigenvalue weighted by Gasteiger charge is 2.12. The molecular weight excluding hydrogens is 288 g/mol. The number of ether oxygens (including phenoxy) is 1. The van der Waals surface area contributed by atoms with Crippen molar-refractivity contribution in [3.63, 3.8) is 0 Å². The van der Waals surface area contributed by atoms with E-state index in [0.29, 0.717) is 5.56 Å². The molecule has 0 heterocycles. The third-order valence-corrected chi connectivity index (χ3v) is 2.66. The third kappa shape index (κ3) is 4.16. The van der Waals surface area contributed by atoms with Crippen molar-refractivity contribution in [3.05, 3.63) is 34.3 Å². The topological polar surface area (TPSA) is 67.4 Å². The minimum atomic E-state index is -0.611. The molecule has 0 saturated heterocycles. The molecular formula is C11H13BrN2O3. The lowest BCUT2D eigenvalue weighted by molar-refractivity contribution is -0.130. The molecule has 0 aromatic heterocycles. The number of methoxy groups -OCH3 is 1. The molecule has 1 aromatic rings. The molecule has 6 heteroatoms. The van der Waals surface area contributed by atoms with Crippen LogP contribution in [0.4, 0.5) is 0 Å². The lowest BCUT2D eigenvalue weighted by atomic mass is 10.2. The molecule has 92 valence electrons. The van der Waals surface area contributed by atoms with E-state index in [4.69, 9.17) is 4.74 Å². The maximum atomic E-state index is 11.6. The third-order valence-electron chi connectivity index (χ3n) is 2.13. The number of benzene rings is 1. The zero-order valence-electron chi connectivity index (χ0n) is 9.49. The van der Waals surface area contributed by atoms with Crippen LogP contribution in [0, 0.1) is 0 Å². The van der Waals surface area contributed by atoms with Gasteiger partial charge in [0.05, 0.1) is 0 Å². The zero-order chi connectivity index (χ0) is 12.8. The predicted molar refractivity (Wildman–Crippen MR) is 66.2 cm³/mol. The molecule has 2 N–H and O–H groups in total. The van der Waals surface area contributed by atoms with Crippen LogP contribution in [0.5, 0.6) is 0 Å². The summed E-state index contributed by atoms with van der Waals surface area (Å²) >= 11 is 3.27. The Morgan fingerprint density at radius 1 is 1.24 bits per heavy atom. The molecule has 0 saturated carbocycles. The molecule has 0 aliphatic rings. The van der Waals surface area contributed by atoms with Gasteiger partial charge in [-0.05, 0) is 31.2 Å². The summed E-state index contributed by atoms with van der Waals surface area (Å²) in [5.74, 6) is -0.785. The van der Waals surface area contributed by atoms with Gasteiger partial charge in [0.2, 0.25) is 0 Å². The van der Waals surface area contributed by atoms with E-state index in [1.54, 1.807) is 31.2 Å². The minimum absolute atomic E-state index is 0.380. The van der Waals surface area contributed by atoms with Crippen LogP contribution in [0.3, 0.4) is 0 Å². The fourth-order valence-corrected chi connectivity index (χ4v) is 1.26. The van der Waals surface area contributed by atoms with Crippen LogP contribution in [0.25, 0.3) is 0 Å². The maximum absolute atomic E-state index is 11.6. The van der Waals surface area contributed by atoms with Crippen LogP contribution in [0.1, 0.15) is 17.3 Å². The van der Waals surface area contributed by atoms with E-state index in [-0.39, 0.29) is 5.91 Å². The second-order valence-electron chi connectivity index (χ2n) is 3.33. The number of hydrogen-bond acceptors (Lipinski definition) is 3. The van der Waals surface area contributed by atoms with Gasteiger partial charge in [-0.3, -0.25) is 20.4 Å². The smallest absolute Gasteiger partial charge is 0.269 e. The molecule has 0 fully saturated rings. The summed E-state index contributed by atoms with van der Waals surface area (Å²) in [6, 6.07) is 6.78. The summed E-state index contributed by atoms with van der Waals surface area (Å²) in [7, 11) is 1.42. The van der Waals surface area contributed by atoms with Gasteiger partial charge in [-0.25, -0.2) is 0 Å². The number of hydrazine groups is 1. The fourth-order valence-electron chi connectivity index (χ4n) is 1.00. The largest absolute Gasteiger partial charge is 0.372 e. The van der Waals surface area contributed by atoms with E-state index in [9.17, 15) is 9.59 Å². The molecule has 1 unspecified atom stereocenters. The number of halogens is 1. The van der Waals surface area contributed by atoms with Crippen molar-refractivity contribution in [1.82, 2.24) is 10.9 Å². The molecule has 1 atom stereocenters. The standard InChI is InChI=1S/C11H13BrN2O3/c1-7(17-2)10(15)13-14-11(16)8-3-5-9(12)6-4-8/h3-7H,1-2H3,(H,13,15)(H,14,16). The molecule has 1 rings (SSSR count). The average Bonchev–Trinajstić information content (AvgIpc) is 2.35. The average molecular weight is 301 g/mol. The second kappa shape index (κ2) is 6.36. The monoisotopic (exact) mass is 300 g/mol. The van der Waals surface area contributed by atoms with E-state index < -0.39 is 12.0 Å². The van der Waals surface area contributed by atoms with E-state index in [1.165, 1.54) is 7.11 Å². The Labute approximate surface area is 108 Å². The highest BCUT2D eigenvalue weighted by molar-refractivity contribution is 9.10. The van der Waals surface area contributed by atoms with Crippen molar-refractivity contribution in [2.75, 3.05) is 7.11 Å². The van der Waals surface area contributed by atoms with Crippen LogP contribution in [0.15, 0.2) is 28.7 Å². The highest BCUT2D eigenvalue weighted by Crippen LogP contribution is 2.09. The summed E-state index contributed by atoms with van der Waals surface area (Å²) in [6.45, 7) is 1.58. The number of carbonyl (C=O) groups is 2. The van der Waals surface area contributed by atoms with Gasteiger partial charge < -0.3 is 4.74 Å². The van der Waals surface area contributed by atoms with Gasteiger partial charge in [-0.15, -0.1) is 0 Å². The highest BCUT2D eigenvalue weighted by atomic mass is 79.9. The van der Waals surface area contributed by atoms with E-state index >= 15 is 0 Å². The summed E-state index contributed by atoms with van der Waals surface area (Å²) < 4.78 is 5.68. The number of rotatable bonds is 3. The number of hydrogen-bond donors (Lipinski definition) is 2. The SMILES string of the molecule is COC(C)C(=O)NNC(=O)c1ccc(Br)cc1. The van der Waals surface area contributed by atoms with Crippen LogP contribution < -0.4 is 10.9 Å². The van der Waals surface area contributed by atoms with Crippen LogP contribution in [-0.2, 0) is 9.53 Å². The second-order valence-corrected chi connectivity index (χ2v) is 4.24. The van der Waals surface area contributed by atoms with Gasteiger partial charge in [-0.1, -0.05) is 15.9 Å². The quantitative estimate of drug-likeness (QED) is 0.826. The zero-order valence-corrected chi connectivity index (χ0v) is 11.1. The molecule has 17 heavy (non-hydrogen) atoms. The lowest BCUT2D eigenvalue weighted by Crippen LogP contribution is -2.46. The molecule has 5 nitrogen and oxygen atoms in total. The molecule has 1 aromatic carbocycles. The van der Waals surface area contributed by atoms with Crippen LogP contribution in [0.2, 0.25) is 0 Å². The van der Waals surface area contributed by atoms with Gasteiger partial charge in [0, 0.05) is 17.1 Å². The molecule has 2 amide bonds. The van der Waals surface area contributed by atoms with Crippen molar-refractivity contribution in [2.45, 2.75) is 13.0 Å². The van der Waals surface area contributed by atoms with E-state index in [2.05, 4.69) is 26.8 Å². The summed E-state index contributed by atoms with van der Waals surface area (Å²) in [5.41, 5.74) is 5.03. The van der Waals surface area contributed by atoms with Crippen LogP contribution in [-0.4, -0.2) is 25.0 Å². The van der Waals surface area contributed by atoms with Crippen LogP contribution >= 0.6 is 15.9 Å². The Hall–Kier alpha value is -1.40. The number of nitrogens with one attached hydrogen (secondary N) is 2. The van der Waals surface area contributed by atoms with Crippen molar-refractivity contribution in [2.24, 2.45) is 0 Å². The van der Waals surface area contributed by atoms with Crippen molar-refractivity contribution in [3.8, 4) is 0 Å². The lowest BCUT2D eigenvalue weighted by Gasteiger charge is -2.11. The predicted octanol–water partition coefficient (Wildman–Crippen LogP) is 1.25. The summed E-state index contributed by atoms with van der Waals surface area (Å²) in [5, 5.41) is 0. The Kier molecular flexibility index (Phi) is 5.11.